The zero-order valence-electron chi connectivity index (χ0n) is 12.4. The first-order valence-electron chi connectivity index (χ1n) is 7.00. The fourth-order valence-corrected chi connectivity index (χ4v) is 2.36. The Morgan fingerprint density at radius 1 is 1.19 bits per heavy atom. The zero-order chi connectivity index (χ0) is 15.4. The number of hydrogen-bond donors (Lipinski definition) is 1. The van der Waals surface area contributed by atoms with E-state index in [2.05, 4.69) is 0 Å². The van der Waals surface area contributed by atoms with Gasteiger partial charge in [0.2, 0.25) is 5.91 Å². The van der Waals surface area contributed by atoms with Gasteiger partial charge in [-0.15, -0.1) is 0 Å². The van der Waals surface area contributed by atoms with Gasteiger partial charge in [-0.1, -0.05) is 6.07 Å². The Kier molecular flexibility index (Phi) is 4.80. The summed E-state index contributed by atoms with van der Waals surface area (Å²) in [6, 6.07) is 6.59. The molecule has 1 saturated heterocycles. The number of methoxy groups -OCH3 is 1. The molecule has 0 bridgehead atoms. The van der Waals surface area contributed by atoms with Gasteiger partial charge in [-0.05, 0) is 25.1 Å². The minimum absolute atomic E-state index is 0.0400. The quantitative estimate of drug-likeness (QED) is 0.870. The molecule has 1 heterocycles. The van der Waals surface area contributed by atoms with Gasteiger partial charge < -0.3 is 20.3 Å². The molecule has 6 nitrogen and oxygen atoms in total. The largest absolute Gasteiger partial charge is 0.497 e. The van der Waals surface area contributed by atoms with E-state index in [1.165, 1.54) is 0 Å². The van der Waals surface area contributed by atoms with Crippen molar-refractivity contribution in [2.24, 2.45) is 5.73 Å². The number of rotatable bonds is 3. The van der Waals surface area contributed by atoms with Crippen molar-refractivity contribution in [2.75, 3.05) is 33.3 Å². The lowest BCUT2D eigenvalue weighted by atomic mass is 10.1. The molecule has 114 valence electrons. The Morgan fingerprint density at radius 3 is 2.38 bits per heavy atom. The number of ether oxygens (including phenoxy) is 1. The molecule has 1 aliphatic heterocycles. The molecule has 2 N–H and O–H groups in total. The number of benzene rings is 1. The Hall–Kier alpha value is -2.08. The molecule has 0 spiro atoms. The summed E-state index contributed by atoms with van der Waals surface area (Å²) in [4.78, 5) is 27.7. The third kappa shape index (κ3) is 3.52. The van der Waals surface area contributed by atoms with E-state index in [1.807, 2.05) is 0 Å². The van der Waals surface area contributed by atoms with E-state index < -0.39 is 6.04 Å². The monoisotopic (exact) mass is 291 g/mol. The average molecular weight is 291 g/mol. The number of carbonyl (C=O) groups is 2. The summed E-state index contributed by atoms with van der Waals surface area (Å²) in [7, 11) is 1.57. The van der Waals surface area contributed by atoms with Crippen LogP contribution in [0.2, 0.25) is 0 Å². The van der Waals surface area contributed by atoms with Crippen molar-refractivity contribution in [1.82, 2.24) is 9.80 Å². The summed E-state index contributed by atoms with van der Waals surface area (Å²) in [5.41, 5.74) is 6.20. The Balaban J connectivity index is 1.98. The minimum atomic E-state index is -0.495. The second kappa shape index (κ2) is 6.58. The van der Waals surface area contributed by atoms with Gasteiger partial charge in [0, 0.05) is 31.7 Å². The van der Waals surface area contributed by atoms with E-state index >= 15 is 0 Å². The van der Waals surface area contributed by atoms with E-state index in [0.29, 0.717) is 37.5 Å². The Morgan fingerprint density at radius 2 is 1.81 bits per heavy atom. The predicted molar refractivity (Wildman–Crippen MR) is 79.1 cm³/mol. The van der Waals surface area contributed by atoms with Gasteiger partial charge in [0.25, 0.3) is 5.91 Å². The van der Waals surface area contributed by atoms with E-state index in [4.69, 9.17) is 10.5 Å². The van der Waals surface area contributed by atoms with Crippen LogP contribution in [-0.4, -0.2) is 60.9 Å². The molecule has 0 saturated carbocycles. The van der Waals surface area contributed by atoms with Crippen LogP contribution in [0.4, 0.5) is 0 Å². The van der Waals surface area contributed by atoms with Crippen LogP contribution in [0.15, 0.2) is 24.3 Å². The highest BCUT2D eigenvalue weighted by Crippen LogP contribution is 2.15. The van der Waals surface area contributed by atoms with Crippen molar-refractivity contribution in [3.05, 3.63) is 29.8 Å². The lowest BCUT2D eigenvalue weighted by Crippen LogP contribution is -2.53. The van der Waals surface area contributed by atoms with Crippen molar-refractivity contribution in [1.29, 1.82) is 0 Å². The molecule has 1 atom stereocenters. The van der Waals surface area contributed by atoms with Crippen molar-refractivity contribution in [3.63, 3.8) is 0 Å². The van der Waals surface area contributed by atoms with Crippen LogP contribution in [0.5, 0.6) is 5.75 Å². The number of piperazine rings is 1. The van der Waals surface area contributed by atoms with Gasteiger partial charge in [-0.3, -0.25) is 9.59 Å². The minimum Gasteiger partial charge on any atom is -0.497 e. The molecule has 1 aromatic carbocycles. The van der Waals surface area contributed by atoms with Crippen LogP contribution in [-0.2, 0) is 4.79 Å². The van der Waals surface area contributed by atoms with Crippen LogP contribution < -0.4 is 10.5 Å². The first kappa shape index (κ1) is 15.3. The van der Waals surface area contributed by atoms with Gasteiger partial charge in [-0.2, -0.15) is 0 Å². The topological polar surface area (TPSA) is 75.9 Å². The van der Waals surface area contributed by atoms with Crippen molar-refractivity contribution in [2.45, 2.75) is 13.0 Å². The highest BCUT2D eigenvalue weighted by molar-refractivity contribution is 5.94. The van der Waals surface area contributed by atoms with Gasteiger partial charge in [0.1, 0.15) is 5.75 Å². The maximum atomic E-state index is 12.4. The first-order valence-corrected chi connectivity index (χ1v) is 7.00. The highest BCUT2D eigenvalue weighted by Gasteiger charge is 2.26. The molecule has 21 heavy (non-hydrogen) atoms. The second-order valence-corrected chi connectivity index (χ2v) is 5.14. The van der Waals surface area contributed by atoms with Crippen LogP contribution in [0.1, 0.15) is 17.3 Å². The Labute approximate surface area is 124 Å². The number of hydrogen-bond acceptors (Lipinski definition) is 4. The summed E-state index contributed by atoms with van der Waals surface area (Å²) in [6.07, 6.45) is 0. The van der Waals surface area contributed by atoms with Crippen LogP contribution in [0, 0.1) is 0 Å². The molecule has 1 aromatic rings. The van der Waals surface area contributed by atoms with E-state index in [9.17, 15) is 9.59 Å². The molecule has 0 aromatic heterocycles. The number of amides is 2. The molecule has 1 fully saturated rings. The lowest BCUT2D eigenvalue weighted by molar-refractivity contribution is -0.133. The maximum absolute atomic E-state index is 12.4. The molecule has 0 aliphatic carbocycles. The third-order valence-electron chi connectivity index (χ3n) is 3.58. The van der Waals surface area contributed by atoms with Gasteiger partial charge in [0.15, 0.2) is 0 Å². The summed E-state index contributed by atoms with van der Waals surface area (Å²) in [6.45, 7) is 3.77. The molecule has 1 aliphatic rings. The van der Waals surface area contributed by atoms with Gasteiger partial charge in [0.05, 0.1) is 13.2 Å². The van der Waals surface area contributed by atoms with Crippen LogP contribution in [0.3, 0.4) is 0 Å². The summed E-state index contributed by atoms with van der Waals surface area (Å²) < 4.78 is 5.13. The van der Waals surface area contributed by atoms with Crippen LogP contribution in [0.25, 0.3) is 0 Å². The van der Waals surface area contributed by atoms with Crippen LogP contribution >= 0.6 is 0 Å². The Bertz CT molecular complexity index is 523. The fourth-order valence-electron chi connectivity index (χ4n) is 2.36. The van der Waals surface area contributed by atoms with Gasteiger partial charge in [-0.25, -0.2) is 0 Å². The standard InChI is InChI=1S/C15H21N3O3/c1-11(16)14(19)17-6-8-18(9-7-17)15(20)12-4-3-5-13(10-12)21-2/h3-5,10-11H,6-9,16H2,1-2H3/t11-/m1/s1. The SMILES string of the molecule is COc1cccc(C(=O)N2CCN(C(=O)[C@@H](C)N)CC2)c1. The van der Waals surface area contributed by atoms with Crippen molar-refractivity contribution < 1.29 is 14.3 Å². The lowest BCUT2D eigenvalue weighted by Gasteiger charge is -2.35. The number of nitrogens with zero attached hydrogens (tertiary/aromatic N) is 2. The van der Waals surface area contributed by atoms with E-state index in [1.54, 1.807) is 48.1 Å². The maximum Gasteiger partial charge on any atom is 0.254 e. The molecular formula is C15H21N3O3. The number of carbonyl (C=O) groups excluding carboxylic acids is 2. The molecule has 6 heteroatoms. The highest BCUT2D eigenvalue weighted by atomic mass is 16.5. The normalized spacial score (nSPS) is 16.5. The number of nitrogens with two attached hydrogens (primary N) is 1. The van der Waals surface area contributed by atoms with Crippen molar-refractivity contribution >= 4 is 11.8 Å². The summed E-state index contributed by atoms with van der Waals surface area (Å²) in [5.74, 6) is 0.553. The second-order valence-electron chi connectivity index (χ2n) is 5.14. The average Bonchev–Trinajstić information content (AvgIpc) is 2.53. The smallest absolute Gasteiger partial charge is 0.254 e. The zero-order valence-corrected chi connectivity index (χ0v) is 12.4. The molecule has 0 radical (unpaired) electrons. The molecule has 2 amide bonds. The van der Waals surface area contributed by atoms with Crippen molar-refractivity contribution in [3.8, 4) is 5.75 Å². The summed E-state index contributed by atoms with van der Waals surface area (Å²) in [5, 5.41) is 0. The fraction of sp³-hybridized carbons (Fsp3) is 0.467. The molecule has 2 rings (SSSR count). The predicted octanol–water partition coefficient (Wildman–Crippen LogP) is 0.327. The summed E-state index contributed by atoms with van der Waals surface area (Å²) >= 11 is 0. The molecule has 0 unspecified atom stereocenters. The third-order valence-corrected chi connectivity index (χ3v) is 3.58. The van der Waals surface area contributed by atoms with E-state index in [-0.39, 0.29) is 11.8 Å². The molecular weight excluding hydrogens is 270 g/mol. The van der Waals surface area contributed by atoms with Gasteiger partial charge >= 0.3 is 0 Å². The first-order chi connectivity index (χ1) is 10.0. The van der Waals surface area contributed by atoms with E-state index in [0.717, 1.165) is 0 Å².